The molecule has 0 atom stereocenters. The van der Waals surface area contributed by atoms with E-state index in [0.29, 0.717) is 11.3 Å². The second-order valence-electron chi connectivity index (χ2n) is 2.82. The van der Waals surface area contributed by atoms with Crippen LogP contribution in [0.3, 0.4) is 0 Å². The van der Waals surface area contributed by atoms with Crippen LogP contribution in [-0.2, 0) is 9.59 Å². The zero-order valence-corrected chi connectivity index (χ0v) is 8.10. The van der Waals surface area contributed by atoms with Crippen molar-refractivity contribution in [1.29, 1.82) is 0 Å². The first-order chi connectivity index (χ1) is 7.08. The van der Waals surface area contributed by atoms with E-state index in [4.69, 9.17) is 4.74 Å². The first-order valence-corrected chi connectivity index (χ1v) is 4.25. The van der Waals surface area contributed by atoms with Crippen LogP contribution in [0.5, 0.6) is 5.75 Å². The van der Waals surface area contributed by atoms with Crippen LogP contribution in [0, 0.1) is 0 Å². The van der Waals surface area contributed by atoms with Crippen molar-refractivity contribution in [3.05, 3.63) is 35.9 Å². The summed E-state index contributed by atoms with van der Waals surface area (Å²) in [6.07, 6.45) is 2.33. The molecule has 0 bridgehead atoms. The molecule has 1 aromatic rings. The molecule has 78 valence electrons. The van der Waals surface area contributed by atoms with Gasteiger partial charge in [0.2, 0.25) is 0 Å². The van der Waals surface area contributed by atoms with Crippen molar-refractivity contribution in [2.75, 3.05) is 0 Å². The average molecular weight is 205 g/mol. The van der Waals surface area contributed by atoms with Gasteiger partial charge < -0.3 is 14.6 Å². The Balaban J connectivity index is 2.72. The summed E-state index contributed by atoms with van der Waals surface area (Å²) in [5.74, 6) is -1.22. The number of benzene rings is 1. The molecule has 0 aliphatic heterocycles. The van der Waals surface area contributed by atoms with Gasteiger partial charge in [0, 0.05) is 6.92 Å². The van der Waals surface area contributed by atoms with Crippen molar-refractivity contribution >= 4 is 18.0 Å². The normalized spacial score (nSPS) is 10.2. The third kappa shape index (κ3) is 4.08. The van der Waals surface area contributed by atoms with Crippen molar-refractivity contribution in [3.8, 4) is 5.75 Å². The van der Waals surface area contributed by atoms with Gasteiger partial charge >= 0.3 is 5.97 Å². The Morgan fingerprint density at radius 2 is 1.87 bits per heavy atom. The van der Waals surface area contributed by atoms with Gasteiger partial charge in [-0.2, -0.15) is 0 Å². The molecule has 0 saturated heterocycles. The third-order valence-corrected chi connectivity index (χ3v) is 1.55. The smallest absolute Gasteiger partial charge is 0.308 e. The second-order valence-corrected chi connectivity index (χ2v) is 2.82. The molecule has 0 saturated carbocycles. The lowest BCUT2D eigenvalue weighted by Crippen LogP contribution is -2.18. The summed E-state index contributed by atoms with van der Waals surface area (Å²) < 4.78 is 4.80. The fraction of sp³-hybridized carbons (Fsp3) is 0.0909. The van der Waals surface area contributed by atoms with Gasteiger partial charge in [-0.05, 0) is 23.8 Å². The molecule has 4 nitrogen and oxygen atoms in total. The number of aliphatic carboxylic acids is 1. The van der Waals surface area contributed by atoms with Gasteiger partial charge in [-0.15, -0.1) is 0 Å². The van der Waals surface area contributed by atoms with E-state index in [1.54, 1.807) is 24.3 Å². The lowest BCUT2D eigenvalue weighted by Gasteiger charge is -2.00. The molecule has 0 N–H and O–H groups in total. The Hall–Kier alpha value is -2.10. The Morgan fingerprint density at radius 1 is 1.27 bits per heavy atom. The molecule has 0 radical (unpaired) electrons. The maximum absolute atomic E-state index is 10.6. The number of ether oxygens (including phenoxy) is 1. The lowest BCUT2D eigenvalue weighted by molar-refractivity contribution is -0.297. The van der Waals surface area contributed by atoms with Crippen molar-refractivity contribution in [3.63, 3.8) is 0 Å². The van der Waals surface area contributed by atoms with E-state index in [0.717, 1.165) is 6.08 Å². The molecule has 0 spiro atoms. The summed E-state index contributed by atoms with van der Waals surface area (Å²) >= 11 is 0. The molecule has 0 unspecified atom stereocenters. The predicted molar refractivity (Wildman–Crippen MR) is 51.8 cm³/mol. The first kappa shape index (κ1) is 11.0. The Kier molecular flexibility index (Phi) is 3.62. The van der Waals surface area contributed by atoms with Crippen LogP contribution in [-0.4, -0.2) is 11.9 Å². The average Bonchev–Trinajstić information content (AvgIpc) is 2.16. The molecule has 0 fully saturated rings. The molecule has 0 amide bonds. The highest BCUT2D eigenvalue weighted by Crippen LogP contribution is 2.13. The monoisotopic (exact) mass is 205 g/mol. The highest BCUT2D eigenvalue weighted by Gasteiger charge is 1.96. The number of hydrogen-bond donors (Lipinski definition) is 0. The number of hydrogen-bond acceptors (Lipinski definition) is 4. The first-order valence-electron chi connectivity index (χ1n) is 4.25. The lowest BCUT2D eigenvalue weighted by atomic mass is 10.2. The minimum absolute atomic E-state index is 0.395. The van der Waals surface area contributed by atoms with Crippen molar-refractivity contribution in [1.82, 2.24) is 0 Å². The number of carbonyl (C=O) groups is 2. The third-order valence-electron chi connectivity index (χ3n) is 1.55. The summed E-state index contributed by atoms with van der Waals surface area (Å²) in [6, 6.07) is 6.43. The van der Waals surface area contributed by atoms with Gasteiger partial charge in [0.25, 0.3) is 0 Å². The van der Waals surface area contributed by atoms with E-state index >= 15 is 0 Å². The van der Waals surface area contributed by atoms with Crippen LogP contribution in [0.4, 0.5) is 0 Å². The zero-order valence-electron chi connectivity index (χ0n) is 8.10. The van der Waals surface area contributed by atoms with Gasteiger partial charge in [-0.25, -0.2) is 0 Å². The summed E-state index contributed by atoms with van der Waals surface area (Å²) in [4.78, 5) is 20.7. The van der Waals surface area contributed by atoms with E-state index in [9.17, 15) is 14.7 Å². The molecule has 0 aliphatic carbocycles. The van der Waals surface area contributed by atoms with Crippen LogP contribution in [0.25, 0.3) is 6.08 Å². The van der Waals surface area contributed by atoms with Crippen LogP contribution in [0.1, 0.15) is 12.5 Å². The van der Waals surface area contributed by atoms with Gasteiger partial charge in [0.1, 0.15) is 5.75 Å². The molecular formula is C11H9O4-. The predicted octanol–water partition coefficient (Wildman–Crippen LogP) is 0.375. The van der Waals surface area contributed by atoms with Gasteiger partial charge in [0.15, 0.2) is 0 Å². The maximum atomic E-state index is 10.6. The number of esters is 1. The van der Waals surface area contributed by atoms with E-state index in [1.165, 1.54) is 13.0 Å². The van der Waals surface area contributed by atoms with Gasteiger partial charge in [-0.3, -0.25) is 4.79 Å². The standard InChI is InChI=1S/C11H10O4/c1-8(12)15-10-5-2-9(3-6-10)4-7-11(13)14/h2-7H,1H3,(H,13,14)/p-1/b7-4+. The second kappa shape index (κ2) is 4.95. The topological polar surface area (TPSA) is 66.4 Å². The molecule has 0 aromatic heterocycles. The van der Waals surface area contributed by atoms with Crippen molar-refractivity contribution in [2.24, 2.45) is 0 Å². The van der Waals surface area contributed by atoms with Crippen LogP contribution < -0.4 is 9.84 Å². The Bertz CT molecular complexity index is 390. The Morgan fingerprint density at radius 3 is 2.33 bits per heavy atom. The van der Waals surface area contributed by atoms with Crippen LogP contribution in [0.15, 0.2) is 30.3 Å². The largest absolute Gasteiger partial charge is 0.545 e. The molecule has 4 heteroatoms. The fourth-order valence-electron chi connectivity index (χ4n) is 0.977. The maximum Gasteiger partial charge on any atom is 0.308 e. The van der Waals surface area contributed by atoms with Gasteiger partial charge in [-0.1, -0.05) is 18.2 Å². The highest BCUT2D eigenvalue weighted by molar-refractivity contribution is 5.83. The number of rotatable bonds is 3. The summed E-state index contributed by atoms with van der Waals surface area (Å²) in [5, 5.41) is 10.1. The van der Waals surface area contributed by atoms with E-state index in [2.05, 4.69) is 0 Å². The van der Waals surface area contributed by atoms with E-state index < -0.39 is 11.9 Å². The SMILES string of the molecule is CC(=O)Oc1ccc(/C=C/C(=O)[O-])cc1. The van der Waals surface area contributed by atoms with Gasteiger partial charge in [0.05, 0.1) is 5.97 Å². The molecule has 0 aliphatic rings. The molecule has 1 rings (SSSR count). The number of carboxylic acid groups (broad SMARTS) is 1. The van der Waals surface area contributed by atoms with Crippen LogP contribution >= 0.6 is 0 Å². The molecule has 1 aromatic carbocycles. The summed E-state index contributed by atoms with van der Waals surface area (Å²) in [5.41, 5.74) is 0.690. The Labute approximate surface area is 86.8 Å². The fourth-order valence-corrected chi connectivity index (χ4v) is 0.977. The van der Waals surface area contributed by atoms with Crippen molar-refractivity contribution < 1.29 is 19.4 Å². The van der Waals surface area contributed by atoms with Crippen LogP contribution in [0.2, 0.25) is 0 Å². The van der Waals surface area contributed by atoms with Crippen molar-refractivity contribution in [2.45, 2.75) is 6.92 Å². The number of carboxylic acids is 1. The summed E-state index contributed by atoms with van der Waals surface area (Å²) in [7, 11) is 0. The minimum Gasteiger partial charge on any atom is -0.545 e. The number of carbonyl (C=O) groups excluding carboxylic acids is 2. The summed E-state index contributed by atoms with van der Waals surface area (Å²) in [6.45, 7) is 1.31. The molecular weight excluding hydrogens is 196 g/mol. The minimum atomic E-state index is -1.25. The molecule has 0 heterocycles. The highest BCUT2D eigenvalue weighted by atomic mass is 16.5. The quantitative estimate of drug-likeness (QED) is 0.406. The van der Waals surface area contributed by atoms with E-state index in [1.807, 2.05) is 0 Å². The molecule has 15 heavy (non-hydrogen) atoms. The van der Waals surface area contributed by atoms with E-state index in [-0.39, 0.29) is 0 Å². The zero-order chi connectivity index (χ0) is 11.3.